The van der Waals surface area contributed by atoms with Crippen LogP contribution in [0.3, 0.4) is 0 Å². The van der Waals surface area contributed by atoms with E-state index in [1.54, 1.807) is 0 Å². The van der Waals surface area contributed by atoms with Gasteiger partial charge in [0.25, 0.3) is 0 Å². The van der Waals surface area contributed by atoms with Crippen LogP contribution >= 0.6 is 11.3 Å². The van der Waals surface area contributed by atoms with E-state index in [-0.39, 0.29) is 5.91 Å². The first-order valence-electron chi connectivity index (χ1n) is 7.23. The predicted molar refractivity (Wildman–Crippen MR) is 80.0 cm³/mol. The lowest BCUT2D eigenvalue weighted by atomic mass is 9.81. The molecule has 0 radical (unpaired) electrons. The highest BCUT2D eigenvalue weighted by Gasteiger charge is 2.19. The van der Waals surface area contributed by atoms with E-state index in [0.29, 0.717) is 0 Å². The van der Waals surface area contributed by atoms with Crippen LogP contribution in [-0.2, 0) is 4.79 Å². The highest BCUT2D eigenvalue weighted by Crippen LogP contribution is 2.29. The lowest BCUT2D eigenvalue weighted by Gasteiger charge is -2.26. The molecule has 0 spiro atoms. The van der Waals surface area contributed by atoms with Crippen LogP contribution in [0.25, 0.3) is 0 Å². The molecule has 1 aliphatic carbocycles. The third kappa shape index (κ3) is 4.32. The van der Waals surface area contributed by atoms with Gasteiger partial charge in [-0.15, -0.1) is 11.3 Å². The van der Waals surface area contributed by atoms with Crippen LogP contribution in [-0.4, -0.2) is 12.5 Å². The highest BCUT2D eigenvalue weighted by atomic mass is 32.1. The van der Waals surface area contributed by atoms with Crippen molar-refractivity contribution in [3.05, 3.63) is 22.4 Å². The Hall–Kier alpha value is -0.870. The van der Waals surface area contributed by atoms with Gasteiger partial charge in [0.2, 0.25) is 5.91 Å². The number of nitrogens with one attached hydrogen (secondary N) is 1. The van der Waals surface area contributed by atoms with Gasteiger partial charge in [-0.3, -0.25) is 4.79 Å². The van der Waals surface area contributed by atoms with Crippen LogP contribution in [0, 0.1) is 11.8 Å². The molecular weight excluding hydrogens is 256 g/mol. The van der Waals surface area contributed by atoms with Gasteiger partial charge in [0.1, 0.15) is 6.04 Å². The number of thiophene rings is 1. The van der Waals surface area contributed by atoms with Crippen molar-refractivity contribution in [1.29, 1.82) is 0 Å². The molecule has 106 valence electrons. The average molecular weight is 280 g/mol. The zero-order valence-electron chi connectivity index (χ0n) is 11.6. The molecule has 1 aromatic rings. The molecule has 1 amide bonds. The van der Waals surface area contributed by atoms with Crippen molar-refractivity contribution in [2.45, 2.75) is 45.1 Å². The van der Waals surface area contributed by atoms with Gasteiger partial charge in [0.15, 0.2) is 0 Å². The van der Waals surface area contributed by atoms with Crippen molar-refractivity contribution in [1.82, 2.24) is 5.32 Å². The molecule has 3 N–H and O–H groups in total. The monoisotopic (exact) mass is 280 g/mol. The van der Waals surface area contributed by atoms with Gasteiger partial charge in [-0.05, 0) is 29.7 Å². The summed E-state index contributed by atoms with van der Waals surface area (Å²) in [6.45, 7) is 3.09. The van der Waals surface area contributed by atoms with Crippen molar-refractivity contribution < 1.29 is 4.79 Å². The van der Waals surface area contributed by atoms with E-state index >= 15 is 0 Å². The van der Waals surface area contributed by atoms with Crippen LogP contribution < -0.4 is 11.1 Å². The molecule has 1 atom stereocenters. The number of amides is 1. The van der Waals surface area contributed by atoms with Gasteiger partial charge >= 0.3 is 0 Å². The number of hydrogen-bond acceptors (Lipinski definition) is 3. The SMILES string of the molecule is CC1CCC(CCNC(=O)C(N)c2cccs2)CC1. The van der Waals surface area contributed by atoms with E-state index < -0.39 is 6.04 Å². The molecule has 1 saturated carbocycles. The van der Waals surface area contributed by atoms with Crippen LogP contribution in [0.4, 0.5) is 0 Å². The standard InChI is InChI=1S/C15H24N2OS/c1-11-4-6-12(7-5-11)8-9-17-15(18)14(16)13-3-2-10-19-13/h2-3,10-12,14H,4-9,16H2,1H3,(H,17,18). The van der Waals surface area contributed by atoms with E-state index in [0.717, 1.165) is 29.7 Å². The average Bonchev–Trinajstić information content (AvgIpc) is 2.94. The van der Waals surface area contributed by atoms with Crippen LogP contribution in [0.1, 0.15) is 49.9 Å². The molecule has 2 rings (SSSR count). The van der Waals surface area contributed by atoms with Gasteiger partial charge in [-0.25, -0.2) is 0 Å². The zero-order valence-corrected chi connectivity index (χ0v) is 12.4. The quantitative estimate of drug-likeness (QED) is 0.871. The number of nitrogens with two attached hydrogens (primary N) is 1. The Morgan fingerprint density at radius 3 is 2.84 bits per heavy atom. The summed E-state index contributed by atoms with van der Waals surface area (Å²) in [5, 5.41) is 4.92. The normalized spacial score (nSPS) is 24.9. The van der Waals surface area contributed by atoms with E-state index in [2.05, 4.69) is 12.2 Å². The summed E-state index contributed by atoms with van der Waals surface area (Å²) in [7, 11) is 0. The largest absolute Gasteiger partial charge is 0.354 e. The van der Waals surface area contributed by atoms with Gasteiger partial charge in [0, 0.05) is 11.4 Å². The fourth-order valence-corrected chi connectivity index (χ4v) is 3.45. The molecule has 1 aromatic heterocycles. The summed E-state index contributed by atoms with van der Waals surface area (Å²) < 4.78 is 0. The van der Waals surface area contributed by atoms with Crippen molar-refractivity contribution in [2.24, 2.45) is 17.6 Å². The van der Waals surface area contributed by atoms with E-state index in [1.165, 1.54) is 37.0 Å². The first kappa shape index (κ1) is 14.5. The minimum absolute atomic E-state index is 0.0494. The molecule has 0 bridgehead atoms. The van der Waals surface area contributed by atoms with Crippen molar-refractivity contribution in [3.8, 4) is 0 Å². The number of carbonyl (C=O) groups excluding carboxylic acids is 1. The summed E-state index contributed by atoms with van der Waals surface area (Å²) >= 11 is 1.54. The Balaban J connectivity index is 1.66. The van der Waals surface area contributed by atoms with Gasteiger partial charge < -0.3 is 11.1 Å². The minimum atomic E-state index is -0.508. The maximum Gasteiger partial charge on any atom is 0.242 e. The Bertz CT molecular complexity index is 383. The second kappa shape index (κ2) is 7.06. The summed E-state index contributed by atoms with van der Waals surface area (Å²) in [6.07, 6.45) is 6.40. The summed E-state index contributed by atoms with van der Waals surface area (Å²) in [5.41, 5.74) is 5.92. The Labute approximate surface area is 119 Å². The third-order valence-electron chi connectivity index (χ3n) is 4.12. The number of hydrogen-bond donors (Lipinski definition) is 2. The van der Waals surface area contributed by atoms with E-state index in [1.807, 2.05) is 17.5 Å². The first-order chi connectivity index (χ1) is 9.16. The smallest absolute Gasteiger partial charge is 0.242 e. The number of carbonyl (C=O) groups is 1. The van der Waals surface area contributed by atoms with Crippen molar-refractivity contribution in [2.75, 3.05) is 6.54 Å². The van der Waals surface area contributed by atoms with Crippen molar-refractivity contribution in [3.63, 3.8) is 0 Å². The summed E-state index contributed by atoms with van der Waals surface area (Å²) in [5.74, 6) is 1.62. The number of rotatable bonds is 5. The molecule has 1 aliphatic rings. The maximum absolute atomic E-state index is 11.9. The van der Waals surface area contributed by atoms with E-state index in [4.69, 9.17) is 5.73 Å². The first-order valence-corrected chi connectivity index (χ1v) is 8.11. The molecule has 1 fully saturated rings. The Kier molecular flexibility index (Phi) is 5.40. The fraction of sp³-hybridized carbons (Fsp3) is 0.667. The molecule has 0 aromatic carbocycles. The minimum Gasteiger partial charge on any atom is -0.354 e. The molecule has 3 nitrogen and oxygen atoms in total. The zero-order chi connectivity index (χ0) is 13.7. The molecule has 0 aliphatic heterocycles. The Morgan fingerprint density at radius 2 is 2.21 bits per heavy atom. The third-order valence-corrected chi connectivity index (χ3v) is 5.07. The molecular formula is C15H24N2OS. The van der Waals surface area contributed by atoms with Crippen LogP contribution in [0.2, 0.25) is 0 Å². The lowest BCUT2D eigenvalue weighted by molar-refractivity contribution is -0.122. The summed E-state index contributed by atoms with van der Waals surface area (Å²) in [4.78, 5) is 12.8. The molecule has 1 unspecified atom stereocenters. The van der Waals surface area contributed by atoms with Gasteiger partial charge in [0.05, 0.1) is 0 Å². The fourth-order valence-electron chi connectivity index (χ4n) is 2.72. The Morgan fingerprint density at radius 1 is 1.47 bits per heavy atom. The molecule has 1 heterocycles. The van der Waals surface area contributed by atoms with Gasteiger partial charge in [-0.1, -0.05) is 38.7 Å². The van der Waals surface area contributed by atoms with Crippen molar-refractivity contribution >= 4 is 17.2 Å². The lowest BCUT2D eigenvalue weighted by Crippen LogP contribution is -2.35. The van der Waals surface area contributed by atoms with Crippen LogP contribution in [0.5, 0.6) is 0 Å². The topological polar surface area (TPSA) is 55.1 Å². The molecule has 4 heteroatoms. The van der Waals surface area contributed by atoms with E-state index in [9.17, 15) is 4.79 Å². The maximum atomic E-state index is 11.9. The van der Waals surface area contributed by atoms with Crippen LogP contribution in [0.15, 0.2) is 17.5 Å². The molecule has 0 saturated heterocycles. The summed E-state index contributed by atoms with van der Waals surface area (Å²) in [6, 6.07) is 3.33. The highest BCUT2D eigenvalue weighted by molar-refractivity contribution is 7.10. The predicted octanol–water partition coefficient (Wildman–Crippen LogP) is 3.08. The second-order valence-corrected chi connectivity index (χ2v) is 6.68. The second-order valence-electron chi connectivity index (χ2n) is 5.70. The van der Waals surface area contributed by atoms with Gasteiger partial charge in [-0.2, -0.15) is 0 Å². The molecule has 19 heavy (non-hydrogen) atoms.